The average molecular weight is 264 g/mol. The Bertz CT molecular complexity index is 456. The van der Waals surface area contributed by atoms with Crippen LogP contribution in [-0.4, -0.2) is 36.5 Å². The standard InChI is InChI=1S/C14H20N2OS/c1-3-12-11-7-15-6-10(11)8-16(12)14(17)13-9(2)4-5-18-13/h4-5,10-12,15H,3,6-8H2,1-2H3. The molecule has 1 aromatic rings. The number of carbonyl (C=O) groups excluding carboxylic acids is 1. The summed E-state index contributed by atoms with van der Waals surface area (Å²) in [5.74, 6) is 1.59. The van der Waals surface area contributed by atoms with E-state index in [1.807, 2.05) is 18.4 Å². The minimum Gasteiger partial charge on any atom is -0.334 e. The number of fused-ring (bicyclic) bond motifs is 1. The van der Waals surface area contributed by atoms with Crippen LogP contribution in [0, 0.1) is 18.8 Å². The van der Waals surface area contributed by atoms with Crippen LogP contribution in [-0.2, 0) is 0 Å². The van der Waals surface area contributed by atoms with Crippen LogP contribution in [0.1, 0.15) is 28.6 Å². The van der Waals surface area contributed by atoms with Crippen molar-refractivity contribution in [1.82, 2.24) is 10.2 Å². The molecule has 18 heavy (non-hydrogen) atoms. The summed E-state index contributed by atoms with van der Waals surface area (Å²) in [6.07, 6.45) is 1.07. The SMILES string of the molecule is CCC1C2CNCC2CN1C(=O)c1sccc1C. The molecule has 4 heteroatoms. The number of aryl methyl sites for hydroxylation is 1. The van der Waals surface area contributed by atoms with Crippen molar-refractivity contribution >= 4 is 17.2 Å². The van der Waals surface area contributed by atoms with Gasteiger partial charge in [-0.25, -0.2) is 0 Å². The highest BCUT2D eigenvalue weighted by atomic mass is 32.1. The van der Waals surface area contributed by atoms with E-state index < -0.39 is 0 Å². The third kappa shape index (κ3) is 1.79. The number of likely N-dealkylation sites (tertiary alicyclic amines) is 1. The Morgan fingerprint density at radius 2 is 2.39 bits per heavy atom. The molecule has 2 aliphatic rings. The largest absolute Gasteiger partial charge is 0.334 e. The molecule has 0 saturated carbocycles. The zero-order valence-corrected chi connectivity index (χ0v) is 11.8. The van der Waals surface area contributed by atoms with Crippen molar-refractivity contribution < 1.29 is 4.79 Å². The van der Waals surface area contributed by atoms with E-state index in [4.69, 9.17) is 0 Å². The number of hydrogen-bond donors (Lipinski definition) is 1. The second kappa shape index (κ2) is 4.67. The second-order valence-corrected chi connectivity index (χ2v) is 6.36. The number of hydrogen-bond acceptors (Lipinski definition) is 3. The Balaban J connectivity index is 1.84. The molecule has 0 radical (unpaired) electrons. The van der Waals surface area contributed by atoms with Crippen LogP contribution in [0.5, 0.6) is 0 Å². The van der Waals surface area contributed by atoms with Crippen LogP contribution in [0.2, 0.25) is 0 Å². The van der Waals surface area contributed by atoms with Gasteiger partial charge in [0.05, 0.1) is 4.88 Å². The molecule has 0 aromatic carbocycles. The van der Waals surface area contributed by atoms with E-state index in [0.29, 0.717) is 17.9 Å². The van der Waals surface area contributed by atoms with Gasteiger partial charge >= 0.3 is 0 Å². The second-order valence-electron chi connectivity index (χ2n) is 5.45. The first-order valence-electron chi connectivity index (χ1n) is 6.78. The fourth-order valence-corrected chi connectivity index (χ4v) is 4.38. The van der Waals surface area contributed by atoms with E-state index in [9.17, 15) is 4.79 Å². The van der Waals surface area contributed by atoms with E-state index in [0.717, 1.165) is 36.5 Å². The van der Waals surface area contributed by atoms with Crippen molar-refractivity contribution in [2.24, 2.45) is 11.8 Å². The molecule has 3 unspecified atom stereocenters. The quantitative estimate of drug-likeness (QED) is 0.887. The lowest BCUT2D eigenvalue weighted by molar-refractivity contribution is 0.0716. The van der Waals surface area contributed by atoms with Gasteiger partial charge in [-0.05, 0) is 42.2 Å². The molecule has 2 saturated heterocycles. The van der Waals surface area contributed by atoms with Crippen molar-refractivity contribution in [1.29, 1.82) is 0 Å². The lowest BCUT2D eigenvalue weighted by Gasteiger charge is -2.26. The molecule has 3 heterocycles. The van der Waals surface area contributed by atoms with Crippen molar-refractivity contribution in [2.45, 2.75) is 26.3 Å². The zero-order valence-electron chi connectivity index (χ0n) is 11.0. The Labute approximate surface area is 112 Å². The zero-order chi connectivity index (χ0) is 12.7. The highest BCUT2D eigenvalue weighted by Gasteiger charge is 2.45. The Morgan fingerprint density at radius 3 is 3.06 bits per heavy atom. The third-order valence-electron chi connectivity index (χ3n) is 4.45. The van der Waals surface area contributed by atoms with Gasteiger partial charge in [-0.3, -0.25) is 4.79 Å². The Kier molecular flexibility index (Phi) is 3.16. The first-order chi connectivity index (χ1) is 8.72. The fraction of sp³-hybridized carbons (Fsp3) is 0.643. The van der Waals surface area contributed by atoms with E-state index >= 15 is 0 Å². The van der Waals surface area contributed by atoms with Crippen molar-refractivity contribution in [2.75, 3.05) is 19.6 Å². The summed E-state index contributed by atoms with van der Waals surface area (Å²) in [6.45, 7) is 7.33. The number of nitrogens with one attached hydrogen (secondary N) is 1. The molecule has 1 N–H and O–H groups in total. The average Bonchev–Trinajstić information content (AvgIpc) is 3.01. The lowest BCUT2D eigenvalue weighted by Crippen LogP contribution is -2.39. The maximum absolute atomic E-state index is 12.6. The molecule has 98 valence electrons. The van der Waals surface area contributed by atoms with Gasteiger partial charge in [-0.2, -0.15) is 0 Å². The van der Waals surface area contributed by atoms with Gasteiger partial charge in [-0.15, -0.1) is 11.3 Å². The topological polar surface area (TPSA) is 32.3 Å². The highest BCUT2D eigenvalue weighted by molar-refractivity contribution is 7.12. The number of nitrogens with zero attached hydrogens (tertiary/aromatic N) is 1. The molecular weight excluding hydrogens is 244 g/mol. The first kappa shape index (κ1) is 12.2. The minimum atomic E-state index is 0.253. The maximum atomic E-state index is 12.6. The Morgan fingerprint density at radius 1 is 1.56 bits per heavy atom. The molecule has 0 aliphatic carbocycles. The summed E-state index contributed by atoms with van der Waals surface area (Å²) >= 11 is 1.58. The van der Waals surface area contributed by atoms with E-state index in [2.05, 4.69) is 17.1 Å². The van der Waals surface area contributed by atoms with E-state index in [1.165, 1.54) is 0 Å². The smallest absolute Gasteiger partial charge is 0.264 e. The predicted molar refractivity (Wildman–Crippen MR) is 74.0 cm³/mol. The summed E-state index contributed by atoms with van der Waals surface area (Å²) in [6, 6.07) is 2.47. The van der Waals surface area contributed by atoms with Gasteiger partial charge in [0.15, 0.2) is 0 Å². The molecule has 0 bridgehead atoms. The number of rotatable bonds is 2. The molecular formula is C14H20N2OS. The fourth-order valence-electron chi connectivity index (χ4n) is 3.50. The highest BCUT2D eigenvalue weighted by Crippen LogP contribution is 2.35. The van der Waals surface area contributed by atoms with Gasteiger partial charge < -0.3 is 10.2 Å². The van der Waals surface area contributed by atoms with Gasteiger partial charge in [0.25, 0.3) is 5.91 Å². The van der Waals surface area contributed by atoms with Gasteiger partial charge in [0.2, 0.25) is 0 Å². The van der Waals surface area contributed by atoms with Gasteiger partial charge in [0.1, 0.15) is 0 Å². The molecule has 0 spiro atoms. The Hall–Kier alpha value is -0.870. The van der Waals surface area contributed by atoms with Crippen molar-refractivity contribution in [3.63, 3.8) is 0 Å². The molecule has 2 aliphatic heterocycles. The van der Waals surface area contributed by atoms with Gasteiger partial charge in [-0.1, -0.05) is 6.92 Å². The van der Waals surface area contributed by atoms with Gasteiger partial charge in [0, 0.05) is 25.7 Å². The van der Waals surface area contributed by atoms with Crippen molar-refractivity contribution in [3.05, 3.63) is 21.9 Å². The molecule has 3 nitrogen and oxygen atoms in total. The lowest BCUT2D eigenvalue weighted by atomic mass is 9.93. The van der Waals surface area contributed by atoms with E-state index in [-0.39, 0.29) is 5.91 Å². The van der Waals surface area contributed by atoms with Crippen LogP contribution in [0.3, 0.4) is 0 Å². The van der Waals surface area contributed by atoms with Crippen LogP contribution < -0.4 is 5.32 Å². The number of thiophene rings is 1. The maximum Gasteiger partial charge on any atom is 0.264 e. The van der Waals surface area contributed by atoms with Crippen molar-refractivity contribution in [3.8, 4) is 0 Å². The van der Waals surface area contributed by atoms with Crippen LogP contribution >= 0.6 is 11.3 Å². The summed E-state index contributed by atoms with van der Waals surface area (Å²) in [5.41, 5.74) is 1.12. The summed E-state index contributed by atoms with van der Waals surface area (Å²) in [4.78, 5) is 15.7. The first-order valence-corrected chi connectivity index (χ1v) is 7.66. The third-order valence-corrected chi connectivity index (χ3v) is 5.46. The summed E-state index contributed by atoms with van der Waals surface area (Å²) in [7, 11) is 0. The monoisotopic (exact) mass is 264 g/mol. The molecule has 1 aromatic heterocycles. The molecule has 2 fully saturated rings. The minimum absolute atomic E-state index is 0.253. The van der Waals surface area contributed by atoms with Crippen LogP contribution in [0.15, 0.2) is 11.4 Å². The summed E-state index contributed by atoms with van der Waals surface area (Å²) < 4.78 is 0. The summed E-state index contributed by atoms with van der Waals surface area (Å²) in [5, 5.41) is 5.47. The number of carbonyl (C=O) groups is 1. The molecule has 1 amide bonds. The van der Waals surface area contributed by atoms with Crippen LogP contribution in [0.4, 0.5) is 0 Å². The molecule has 3 rings (SSSR count). The predicted octanol–water partition coefficient (Wildman–Crippen LogP) is 2.13. The van der Waals surface area contributed by atoms with E-state index in [1.54, 1.807) is 11.3 Å². The normalized spacial score (nSPS) is 30.8. The number of amides is 1. The van der Waals surface area contributed by atoms with Crippen LogP contribution in [0.25, 0.3) is 0 Å². The molecule has 3 atom stereocenters.